The van der Waals surface area contributed by atoms with Crippen molar-refractivity contribution in [3.05, 3.63) is 48.3 Å². The van der Waals surface area contributed by atoms with Crippen molar-refractivity contribution in [3.8, 4) is 5.75 Å². The number of sulfonamides is 1. The molecule has 7 nitrogen and oxygen atoms in total. The molecule has 0 aliphatic rings. The number of nitrogens with zero attached hydrogens (tertiary/aromatic N) is 1. The van der Waals surface area contributed by atoms with E-state index in [1.165, 1.54) is 47.8 Å². The first-order valence-corrected chi connectivity index (χ1v) is 10.2. The number of hydrogen-bond acceptors (Lipinski definition) is 5. The summed E-state index contributed by atoms with van der Waals surface area (Å²) < 4.78 is 44.7. The van der Waals surface area contributed by atoms with E-state index in [0.29, 0.717) is 24.5 Å². The Morgan fingerprint density at radius 3 is 2.21 bits per heavy atom. The van der Waals surface area contributed by atoms with Crippen LogP contribution >= 0.6 is 0 Å². The van der Waals surface area contributed by atoms with Crippen molar-refractivity contribution < 1.29 is 22.3 Å². The molecule has 0 saturated heterocycles. The molecule has 0 saturated carbocycles. The van der Waals surface area contributed by atoms with Gasteiger partial charge in [-0.15, -0.1) is 0 Å². The lowest BCUT2D eigenvalue weighted by Gasteiger charge is -2.18. The molecule has 0 heterocycles. The van der Waals surface area contributed by atoms with Gasteiger partial charge in [0.25, 0.3) is 0 Å². The average Bonchev–Trinajstić information content (AvgIpc) is 2.67. The van der Waals surface area contributed by atoms with Crippen molar-refractivity contribution in [2.45, 2.75) is 18.7 Å². The third kappa shape index (κ3) is 5.20. The summed E-state index contributed by atoms with van der Waals surface area (Å²) in [4.78, 5) is 12.2. The molecule has 2 aromatic rings. The Labute approximate surface area is 164 Å². The summed E-state index contributed by atoms with van der Waals surface area (Å²) in [6.45, 7) is 4.24. The van der Waals surface area contributed by atoms with Gasteiger partial charge >= 0.3 is 0 Å². The lowest BCUT2D eigenvalue weighted by Crippen LogP contribution is -2.30. The third-order valence-corrected chi connectivity index (χ3v) is 6.15. The Balaban J connectivity index is 1.96. The second-order valence-electron chi connectivity index (χ2n) is 5.86. The summed E-state index contributed by atoms with van der Waals surface area (Å²) in [6.07, 6.45) is 0. The number of nitrogens with one attached hydrogen (secondary N) is 2. The molecule has 2 aromatic carbocycles. The highest BCUT2D eigenvalue weighted by Gasteiger charge is 2.21. The van der Waals surface area contributed by atoms with Gasteiger partial charge in [-0.25, -0.2) is 12.8 Å². The fraction of sp³-hybridized carbons (Fsp3) is 0.316. The molecule has 0 unspecified atom stereocenters. The van der Waals surface area contributed by atoms with Gasteiger partial charge in [0.2, 0.25) is 15.9 Å². The van der Waals surface area contributed by atoms with Crippen LogP contribution in [0.15, 0.2) is 47.4 Å². The van der Waals surface area contributed by atoms with E-state index in [2.05, 4.69) is 10.6 Å². The maximum atomic E-state index is 13.6. The van der Waals surface area contributed by atoms with Crippen LogP contribution in [-0.2, 0) is 14.8 Å². The van der Waals surface area contributed by atoms with Gasteiger partial charge in [0.05, 0.1) is 18.6 Å². The first-order valence-electron chi connectivity index (χ1n) is 8.79. The van der Waals surface area contributed by atoms with Crippen LogP contribution in [-0.4, -0.2) is 45.4 Å². The number of halogens is 1. The molecule has 0 radical (unpaired) electrons. The van der Waals surface area contributed by atoms with Gasteiger partial charge in [-0.1, -0.05) is 13.8 Å². The molecule has 0 aromatic heterocycles. The van der Waals surface area contributed by atoms with Gasteiger partial charge in [0, 0.05) is 30.5 Å². The molecule has 9 heteroatoms. The van der Waals surface area contributed by atoms with Crippen molar-refractivity contribution in [1.29, 1.82) is 0 Å². The van der Waals surface area contributed by atoms with Gasteiger partial charge in [0.1, 0.15) is 0 Å². The van der Waals surface area contributed by atoms with Crippen LogP contribution < -0.4 is 15.4 Å². The second kappa shape index (κ2) is 9.52. The molecule has 0 atom stereocenters. The van der Waals surface area contributed by atoms with Crippen molar-refractivity contribution in [2.75, 3.05) is 37.4 Å². The summed E-state index contributed by atoms with van der Waals surface area (Å²) in [7, 11) is -2.17. The van der Waals surface area contributed by atoms with E-state index < -0.39 is 15.8 Å². The van der Waals surface area contributed by atoms with E-state index in [9.17, 15) is 17.6 Å². The van der Waals surface area contributed by atoms with Crippen LogP contribution in [0, 0.1) is 5.82 Å². The Kier molecular flexibility index (Phi) is 7.36. The van der Waals surface area contributed by atoms with Gasteiger partial charge < -0.3 is 15.4 Å². The zero-order valence-electron chi connectivity index (χ0n) is 16.0. The van der Waals surface area contributed by atoms with Crippen LogP contribution in [0.25, 0.3) is 0 Å². The third-order valence-electron chi connectivity index (χ3n) is 4.09. The van der Waals surface area contributed by atoms with E-state index in [-0.39, 0.29) is 23.1 Å². The first kappa shape index (κ1) is 21.6. The fourth-order valence-electron chi connectivity index (χ4n) is 2.59. The molecule has 0 bridgehead atoms. The van der Waals surface area contributed by atoms with Crippen molar-refractivity contribution in [2.24, 2.45) is 0 Å². The predicted molar refractivity (Wildman–Crippen MR) is 107 cm³/mol. The van der Waals surface area contributed by atoms with Crippen LogP contribution in [0.1, 0.15) is 13.8 Å². The highest BCUT2D eigenvalue weighted by atomic mass is 32.2. The van der Waals surface area contributed by atoms with Gasteiger partial charge in [-0.3, -0.25) is 4.79 Å². The molecular formula is C19H24FN3O4S. The number of rotatable bonds is 9. The maximum absolute atomic E-state index is 13.6. The Hall–Kier alpha value is -2.65. The van der Waals surface area contributed by atoms with Crippen molar-refractivity contribution in [1.82, 2.24) is 4.31 Å². The standard InChI is InChI=1S/C19H24FN3O4S/c1-4-23(5-2)28(25,26)16-9-6-14(7-10-16)22-19(24)13-21-15-8-11-18(27-3)17(20)12-15/h6-12,21H,4-5,13H2,1-3H3,(H,22,24). The second-order valence-corrected chi connectivity index (χ2v) is 7.80. The smallest absolute Gasteiger partial charge is 0.243 e. The molecule has 28 heavy (non-hydrogen) atoms. The molecule has 2 N–H and O–H groups in total. The Morgan fingerprint density at radius 2 is 1.68 bits per heavy atom. The number of carbonyl (C=O) groups is 1. The first-order chi connectivity index (χ1) is 13.3. The van der Waals surface area contributed by atoms with Crippen LogP contribution in [0.4, 0.5) is 15.8 Å². The number of hydrogen-bond donors (Lipinski definition) is 2. The molecule has 1 amide bonds. The number of ether oxygens (including phenoxy) is 1. The molecular weight excluding hydrogens is 385 g/mol. The van der Waals surface area contributed by atoms with Crippen molar-refractivity contribution in [3.63, 3.8) is 0 Å². The largest absolute Gasteiger partial charge is 0.494 e. The molecule has 152 valence electrons. The molecule has 0 aliphatic carbocycles. The van der Waals surface area contributed by atoms with Crippen LogP contribution in [0.5, 0.6) is 5.75 Å². The van der Waals surface area contributed by atoms with Gasteiger partial charge in [-0.2, -0.15) is 4.31 Å². The van der Waals surface area contributed by atoms with Gasteiger partial charge in [-0.05, 0) is 36.4 Å². The SMILES string of the molecule is CCN(CC)S(=O)(=O)c1ccc(NC(=O)CNc2ccc(OC)c(F)c2)cc1. The minimum Gasteiger partial charge on any atom is -0.494 e. The maximum Gasteiger partial charge on any atom is 0.243 e. The quantitative estimate of drug-likeness (QED) is 0.665. The predicted octanol–water partition coefficient (Wildman–Crippen LogP) is 2.92. The number of amides is 1. The molecule has 0 fully saturated rings. The summed E-state index contributed by atoms with van der Waals surface area (Å²) >= 11 is 0. The molecule has 0 aliphatic heterocycles. The molecule has 2 rings (SSSR count). The number of benzene rings is 2. The zero-order valence-corrected chi connectivity index (χ0v) is 16.8. The Bertz CT molecular complexity index is 913. The number of anilines is 2. The Morgan fingerprint density at radius 1 is 1.07 bits per heavy atom. The summed E-state index contributed by atoms with van der Waals surface area (Å²) in [5.74, 6) is -0.761. The lowest BCUT2D eigenvalue weighted by molar-refractivity contribution is -0.114. The highest BCUT2D eigenvalue weighted by molar-refractivity contribution is 7.89. The zero-order chi connectivity index (χ0) is 20.7. The van der Waals surface area contributed by atoms with Crippen LogP contribution in [0.3, 0.4) is 0 Å². The van der Waals surface area contributed by atoms with E-state index in [1.54, 1.807) is 19.9 Å². The minimum atomic E-state index is -3.54. The van der Waals surface area contributed by atoms with E-state index in [1.807, 2.05) is 0 Å². The summed E-state index contributed by atoms with van der Waals surface area (Å²) in [6, 6.07) is 10.3. The summed E-state index contributed by atoms with van der Waals surface area (Å²) in [5, 5.41) is 5.47. The van der Waals surface area contributed by atoms with E-state index in [4.69, 9.17) is 4.74 Å². The number of methoxy groups -OCH3 is 1. The highest BCUT2D eigenvalue weighted by Crippen LogP contribution is 2.21. The monoisotopic (exact) mass is 409 g/mol. The fourth-order valence-corrected chi connectivity index (χ4v) is 4.04. The lowest BCUT2D eigenvalue weighted by atomic mass is 10.3. The molecule has 0 spiro atoms. The minimum absolute atomic E-state index is 0.0781. The normalized spacial score (nSPS) is 11.3. The van der Waals surface area contributed by atoms with E-state index >= 15 is 0 Å². The van der Waals surface area contributed by atoms with E-state index in [0.717, 1.165) is 0 Å². The topological polar surface area (TPSA) is 87.7 Å². The average molecular weight is 409 g/mol. The van der Waals surface area contributed by atoms with Crippen LogP contribution in [0.2, 0.25) is 0 Å². The number of carbonyl (C=O) groups excluding carboxylic acids is 1. The van der Waals surface area contributed by atoms with Gasteiger partial charge in [0.15, 0.2) is 11.6 Å². The summed E-state index contributed by atoms with van der Waals surface area (Å²) in [5.41, 5.74) is 0.903. The van der Waals surface area contributed by atoms with Crippen molar-refractivity contribution >= 4 is 27.3 Å².